The molecule has 1 saturated carbocycles. The highest BCUT2D eigenvalue weighted by molar-refractivity contribution is 4.86. The molecule has 2 rings (SSSR count). The molecule has 2 heteroatoms. The van der Waals surface area contributed by atoms with E-state index < -0.39 is 0 Å². The van der Waals surface area contributed by atoms with Crippen LogP contribution in [0.4, 0.5) is 0 Å². The van der Waals surface area contributed by atoms with E-state index in [0.717, 1.165) is 37.6 Å². The summed E-state index contributed by atoms with van der Waals surface area (Å²) in [5.41, 5.74) is 0.589. The molecule has 1 saturated heterocycles. The van der Waals surface area contributed by atoms with E-state index in [9.17, 15) is 0 Å². The Morgan fingerprint density at radius 2 is 1.74 bits per heavy atom. The van der Waals surface area contributed by atoms with E-state index in [1.54, 1.807) is 0 Å². The lowest BCUT2D eigenvalue weighted by Gasteiger charge is -2.39. The van der Waals surface area contributed by atoms with Crippen LogP contribution >= 0.6 is 0 Å². The molecule has 1 aliphatic carbocycles. The Morgan fingerprint density at radius 1 is 1.11 bits per heavy atom. The summed E-state index contributed by atoms with van der Waals surface area (Å²) < 4.78 is 5.49. The van der Waals surface area contributed by atoms with Gasteiger partial charge in [-0.05, 0) is 68.7 Å². The van der Waals surface area contributed by atoms with Gasteiger partial charge in [0.25, 0.3) is 0 Å². The molecule has 112 valence electrons. The van der Waals surface area contributed by atoms with Gasteiger partial charge in [0.15, 0.2) is 0 Å². The van der Waals surface area contributed by atoms with Crippen molar-refractivity contribution in [3.05, 3.63) is 0 Å². The normalized spacial score (nSPS) is 27.3. The maximum absolute atomic E-state index is 5.49. The van der Waals surface area contributed by atoms with Crippen LogP contribution in [0.2, 0.25) is 0 Å². The molecule has 0 radical (unpaired) electrons. The van der Waals surface area contributed by atoms with Gasteiger partial charge in [0, 0.05) is 19.3 Å². The van der Waals surface area contributed by atoms with Gasteiger partial charge in [-0.1, -0.05) is 20.8 Å². The first-order valence-electron chi connectivity index (χ1n) is 8.42. The molecule has 1 aliphatic heterocycles. The van der Waals surface area contributed by atoms with E-state index in [-0.39, 0.29) is 0 Å². The van der Waals surface area contributed by atoms with Crippen LogP contribution < -0.4 is 5.32 Å². The lowest BCUT2D eigenvalue weighted by Crippen LogP contribution is -2.41. The lowest BCUT2D eigenvalue weighted by molar-refractivity contribution is 0.0543. The Bertz CT molecular complexity index is 248. The first kappa shape index (κ1) is 15.3. The molecule has 0 bridgehead atoms. The first-order chi connectivity index (χ1) is 9.11. The van der Waals surface area contributed by atoms with E-state index in [0.29, 0.717) is 5.41 Å². The summed E-state index contributed by atoms with van der Waals surface area (Å²) in [7, 11) is 0. The van der Waals surface area contributed by atoms with Gasteiger partial charge in [-0.3, -0.25) is 0 Å². The predicted octanol–water partition coefficient (Wildman–Crippen LogP) is 4.00. The summed E-state index contributed by atoms with van der Waals surface area (Å²) in [6.07, 6.45) is 9.60. The van der Waals surface area contributed by atoms with Gasteiger partial charge in [0.1, 0.15) is 0 Å². The van der Waals surface area contributed by atoms with Crippen molar-refractivity contribution in [2.24, 2.45) is 17.3 Å². The van der Waals surface area contributed by atoms with Gasteiger partial charge >= 0.3 is 0 Å². The van der Waals surface area contributed by atoms with Crippen molar-refractivity contribution in [3.8, 4) is 0 Å². The van der Waals surface area contributed by atoms with Crippen LogP contribution in [-0.2, 0) is 4.74 Å². The van der Waals surface area contributed by atoms with Crippen LogP contribution in [0.5, 0.6) is 0 Å². The van der Waals surface area contributed by atoms with Crippen molar-refractivity contribution in [3.63, 3.8) is 0 Å². The van der Waals surface area contributed by atoms with E-state index in [1.165, 1.54) is 44.9 Å². The Balaban J connectivity index is 1.84. The van der Waals surface area contributed by atoms with Gasteiger partial charge < -0.3 is 10.1 Å². The number of hydrogen-bond acceptors (Lipinski definition) is 2. The van der Waals surface area contributed by atoms with E-state index in [2.05, 4.69) is 26.1 Å². The topological polar surface area (TPSA) is 21.3 Å². The van der Waals surface area contributed by atoms with Crippen LogP contribution in [0, 0.1) is 17.3 Å². The molecule has 2 fully saturated rings. The molecule has 2 nitrogen and oxygen atoms in total. The number of nitrogens with one attached hydrogen (secondary N) is 1. The maximum atomic E-state index is 5.49. The second-order valence-electron chi connectivity index (χ2n) is 7.46. The van der Waals surface area contributed by atoms with Crippen LogP contribution in [0.3, 0.4) is 0 Å². The first-order valence-corrected chi connectivity index (χ1v) is 8.42. The molecule has 2 aliphatic rings. The maximum Gasteiger partial charge on any atom is 0.0468 e. The molecular formula is C17H33NO. The Kier molecular flexibility index (Phi) is 5.70. The Hall–Kier alpha value is -0.0800. The van der Waals surface area contributed by atoms with Crippen molar-refractivity contribution >= 4 is 0 Å². The summed E-state index contributed by atoms with van der Waals surface area (Å²) in [5.74, 6) is 1.81. The third kappa shape index (κ3) is 4.75. The second kappa shape index (κ2) is 7.08. The van der Waals surface area contributed by atoms with Crippen molar-refractivity contribution in [2.45, 2.75) is 71.8 Å². The van der Waals surface area contributed by atoms with Crippen molar-refractivity contribution in [2.75, 3.05) is 19.8 Å². The minimum atomic E-state index is 0.589. The van der Waals surface area contributed by atoms with Gasteiger partial charge in [-0.25, -0.2) is 0 Å². The summed E-state index contributed by atoms with van der Waals surface area (Å²) >= 11 is 0. The molecule has 1 N–H and O–H groups in total. The molecule has 0 amide bonds. The quantitative estimate of drug-likeness (QED) is 0.813. The zero-order valence-corrected chi connectivity index (χ0v) is 13.2. The molecular weight excluding hydrogens is 234 g/mol. The number of ether oxygens (including phenoxy) is 1. The standard InChI is InChI=1S/C17H33NO/c1-4-18-16(13-14-7-11-19-12-8-14)15-5-9-17(2,3)10-6-15/h14-16,18H,4-13H2,1-3H3. The van der Waals surface area contributed by atoms with E-state index >= 15 is 0 Å². The second-order valence-corrected chi connectivity index (χ2v) is 7.46. The zero-order chi connectivity index (χ0) is 13.7. The highest BCUT2D eigenvalue weighted by atomic mass is 16.5. The summed E-state index contributed by atoms with van der Waals surface area (Å²) in [6.45, 7) is 10.2. The molecule has 19 heavy (non-hydrogen) atoms. The van der Waals surface area contributed by atoms with Gasteiger partial charge in [0.2, 0.25) is 0 Å². The molecule has 0 aromatic rings. The lowest BCUT2D eigenvalue weighted by atomic mass is 9.70. The van der Waals surface area contributed by atoms with Gasteiger partial charge in [-0.15, -0.1) is 0 Å². The monoisotopic (exact) mass is 267 g/mol. The minimum Gasteiger partial charge on any atom is -0.381 e. The van der Waals surface area contributed by atoms with Gasteiger partial charge in [0.05, 0.1) is 0 Å². The molecule has 1 heterocycles. The molecule has 0 aromatic carbocycles. The number of hydrogen-bond donors (Lipinski definition) is 1. The van der Waals surface area contributed by atoms with Crippen LogP contribution in [-0.4, -0.2) is 25.8 Å². The summed E-state index contributed by atoms with van der Waals surface area (Å²) in [4.78, 5) is 0. The predicted molar refractivity (Wildman–Crippen MR) is 81.4 cm³/mol. The highest BCUT2D eigenvalue weighted by Gasteiger charge is 2.32. The van der Waals surface area contributed by atoms with Crippen LogP contribution in [0.1, 0.15) is 65.7 Å². The van der Waals surface area contributed by atoms with Crippen LogP contribution in [0.25, 0.3) is 0 Å². The fourth-order valence-corrected chi connectivity index (χ4v) is 3.87. The fourth-order valence-electron chi connectivity index (χ4n) is 3.87. The third-order valence-electron chi connectivity index (χ3n) is 5.35. The molecule has 0 aromatic heterocycles. The van der Waals surface area contributed by atoms with Crippen LogP contribution in [0.15, 0.2) is 0 Å². The van der Waals surface area contributed by atoms with Crippen molar-refractivity contribution < 1.29 is 4.74 Å². The largest absolute Gasteiger partial charge is 0.381 e. The fraction of sp³-hybridized carbons (Fsp3) is 1.00. The Labute approximate surface area is 119 Å². The summed E-state index contributed by atoms with van der Waals surface area (Å²) in [6, 6.07) is 0.754. The Morgan fingerprint density at radius 3 is 2.32 bits per heavy atom. The smallest absolute Gasteiger partial charge is 0.0468 e. The number of rotatable bonds is 5. The van der Waals surface area contributed by atoms with E-state index in [1.807, 2.05) is 0 Å². The zero-order valence-electron chi connectivity index (χ0n) is 13.2. The SMILES string of the molecule is CCNC(CC1CCOCC1)C1CCC(C)(C)CC1. The highest BCUT2D eigenvalue weighted by Crippen LogP contribution is 2.40. The minimum absolute atomic E-state index is 0.589. The summed E-state index contributed by atoms with van der Waals surface area (Å²) in [5, 5.41) is 3.79. The van der Waals surface area contributed by atoms with Gasteiger partial charge in [-0.2, -0.15) is 0 Å². The average Bonchev–Trinajstić information content (AvgIpc) is 2.39. The molecule has 1 atom stereocenters. The molecule has 0 spiro atoms. The third-order valence-corrected chi connectivity index (χ3v) is 5.35. The van der Waals surface area contributed by atoms with E-state index in [4.69, 9.17) is 4.74 Å². The van der Waals surface area contributed by atoms with Crippen molar-refractivity contribution in [1.29, 1.82) is 0 Å². The average molecular weight is 267 g/mol. The van der Waals surface area contributed by atoms with Crippen molar-refractivity contribution in [1.82, 2.24) is 5.32 Å². The molecule has 1 unspecified atom stereocenters.